The lowest BCUT2D eigenvalue weighted by Crippen LogP contribution is -2.10. The number of anilines is 3. The monoisotopic (exact) mass is 653 g/mol. The molecular weight excluding hydrogens is 623 g/mol. The third kappa shape index (κ3) is 4.76. The van der Waals surface area contributed by atoms with E-state index in [1.165, 1.54) is 80.4 Å². The Hall–Kier alpha value is -6.22. The van der Waals surface area contributed by atoms with Gasteiger partial charge in [-0.05, 0) is 97.0 Å². The molecule has 234 valence electrons. The van der Waals surface area contributed by atoms with E-state index in [0.29, 0.717) is 0 Å². The highest BCUT2D eigenvalue weighted by molar-refractivity contribution is 7.26. The number of rotatable bonds is 5. The summed E-state index contributed by atoms with van der Waals surface area (Å²) in [5.41, 5.74) is 8.31. The molecule has 0 fully saturated rings. The van der Waals surface area contributed by atoms with E-state index in [1.807, 2.05) is 11.3 Å². The van der Waals surface area contributed by atoms with Crippen LogP contribution < -0.4 is 4.90 Å². The van der Waals surface area contributed by atoms with Crippen LogP contribution in [0, 0.1) is 0 Å². The molecule has 1 heterocycles. The molecule has 0 atom stereocenters. The molecule has 1 aromatic heterocycles. The highest BCUT2D eigenvalue weighted by Crippen LogP contribution is 2.46. The average Bonchev–Trinajstić information content (AvgIpc) is 3.57. The summed E-state index contributed by atoms with van der Waals surface area (Å²) in [5.74, 6) is 0. The Morgan fingerprint density at radius 2 is 0.940 bits per heavy atom. The predicted octanol–water partition coefficient (Wildman–Crippen LogP) is 14.3. The first-order chi connectivity index (χ1) is 24.8. The summed E-state index contributed by atoms with van der Waals surface area (Å²) >= 11 is 1.87. The first kappa shape index (κ1) is 28.8. The zero-order chi connectivity index (χ0) is 33.0. The molecule has 0 amide bonds. The maximum Gasteiger partial charge on any atom is 0.0640 e. The highest BCUT2D eigenvalue weighted by atomic mass is 32.1. The van der Waals surface area contributed by atoms with Crippen LogP contribution >= 0.6 is 11.3 Å². The van der Waals surface area contributed by atoms with Crippen molar-refractivity contribution in [1.82, 2.24) is 0 Å². The molecule has 0 saturated heterocycles. The fourth-order valence-corrected chi connectivity index (χ4v) is 8.85. The Labute approximate surface area is 294 Å². The van der Waals surface area contributed by atoms with Crippen LogP contribution in [0.3, 0.4) is 0 Å². The number of hydrogen-bond acceptors (Lipinski definition) is 2. The van der Waals surface area contributed by atoms with Gasteiger partial charge in [0, 0.05) is 26.8 Å². The number of benzene rings is 9. The molecule has 2 heteroatoms. The van der Waals surface area contributed by atoms with E-state index in [2.05, 4.69) is 193 Å². The topological polar surface area (TPSA) is 3.24 Å². The first-order valence-corrected chi connectivity index (χ1v) is 17.9. The summed E-state index contributed by atoms with van der Waals surface area (Å²) in [4.78, 5) is 2.45. The second-order valence-electron chi connectivity index (χ2n) is 12.9. The minimum absolute atomic E-state index is 1.13. The van der Waals surface area contributed by atoms with Gasteiger partial charge >= 0.3 is 0 Å². The van der Waals surface area contributed by atoms with E-state index in [9.17, 15) is 0 Å². The summed E-state index contributed by atoms with van der Waals surface area (Å²) < 4.78 is 2.59. The second kappa shape index (κ2) is 11.7. The summed E-state index contributed by atoms with van der Waals surface area (Å²) in [6, 6.07) is 68.8. The van der Waals surface area contributed by atoms with Crippen LogP contribution in [0.5, 0.6) is 0 Å². The Kier molecular flexibility index (Phi) is 6.75. The first-order valence-electron chi connectivity index (χ1n) is 17.1. The standard InChI is InChI=1S/C48H31NS/c1-3-18-40-32(11-1)13-9-21-42(40)36-16-7-14-34(29-36)35-15-8-17-38(30-35)49(46-23-10-22-45-44-20-5-6-24-47(44)50-48(45)46)39-27-28-43-37(31-39)26-25-33-12-2-4-19-41(33)43/h1-31H. The molecule has 0 aliphatic carbocycles. The van der Waals surface area contributed by atoms with Crippen LogP contribution in [0.1, 0.15) is 0 Å². The summed E-state index contributed by atoms with van der Waals surface area (Å²) in [7, 11) is 0. The van der Waals surface area contributed by atoms with Crippen molar-refractivity contribution in [1.29, 1.82) is 0 Å². The van der Waals surface area contributed by atoms with Crippen molar-refractivity contribution in [2.24, 2.45) is 0 Å². The highest BCUT2D eigenvalue weighted by Gasteiger charge is 2.19. The minimum atomic E-state index is 1.13. The van der Waals surface area contributed by atoms with Crippen molar-refractivity contribution in [3.05, 3.63) is 188 Å². The van der Waals surface area contributed by atoms with Crippen molar-refractivity contribution < 1.29 is 0 Å². The molecule has 0 aliphatic rings. The molecule has 0 spiro atoms. The van der Waals surface area contributed by atoms with Crippen LogP contribution in [0.25, 0.3) is 74.7 Å². The lowest BCUT2D eigenvalue weighted by Gasteiger charge is -2.27. The number of hydrogen-bond donors (Lipinski definition) is 0. The SMILES string of the molecule is c1cc(-c2cccc(N(c3ccc4c(ccc5ccccc54)c3)c3cccc4c3sc3ccccc34)c2)cc(-c2cccc3ccccc23)c1. The van der Waals surface area contributed by atoms with Gasteiger partial charge in [0.05, 0.1) is 10.4 Å². The van der Waals surface area contributed by atoms with Crippen molar-refractivity contribution in [3.8, 4) is 22.3 Å². The molecule has 1 nitrogen and oxygen atoms in total. The van der Waals surface area contributed by atoms with Crippen LogP contribution in [-0.2, 0) is 0 Å². The number of thiophene rings is 1. The van der Waals surface area contributed by atoms with Gasteiger partial charge in [-0.2, -0.15) is 0 Å². The lowest BCUT2D eigenvalue weighted by molar-refractivity contribution is 1.31. The van der Waals surface area contributed by atoms with Gasteiger partial charge in [0.2, 0.25) is 0 Å². The summed E-state index contributed by atoms with van der Waals surface area (Å²) in [5, 5.41) is 10.2. The van der Waals surface area contributed by atoms with E-state index < -0.39 is 0 Å². The molecule has 0 radical (unpaired) electrons. The van der Waals surface area contributed by atoms with Gasteiger partial charge in [0.15, 0.2) is 0 Å². The molecule has 10 rings (SSSR count). The van der Waals surface area contributed by atoms with Gasteiger partial charge in [-0.15, -0.1) is 11.3 Å². The van der Waals surface area contributed by atoms with Crippen molar-refractivity contribution in [3.63, 3.8) is 0 Å². The average molecular weight is 654 g/mol. The van der Waals surface area contributed by atoms with Gasteiger partial charge < -0.3 is 4.90 Å². The second-order valence-corrected chi connectivity index (χ2v) is 14.0. The molecule has 9 aromatic carbocycles. The summed E-state index contributed by atoms with van der Waals surface area (Å²) in [6.45, 7) is 0. The van der Waals surface area contributed by atoms with E-state index in [1.54, 1.807) is 0 Å². The fraction of sp³-hybridized carbons (Fsp3) is 0. The Morgan fingerprint density at radius 3 is 1.84 bits per heavy atom. The predicted molar refractivity (Wildman–Crippen MR) is 217 cm³/mol. The molecule has 10 aromatic rings. The Balaban J connectivity index is 1.16. The maximum atomic E-state index is 2.45. The molecule has 0 unspecified atom stereocenters. The zero-order valence-electron chi connectivity index (χ0n) is 27.3. The van der Waals surface area contributed by atoms with E-state index in [4.69, 9.17) is 0 Å². The van der Waals surface area contributed by atoms with Crippen molar-refractivity contribution in [2.45, 2.75) is 0 Å². The zero-order valence-corrected chi connectivity index (χ0v) is 28.1. The molecule has 50 heavy (non-hydrogen) atoms. The molecule has 0 saturated carbocycles. The lowest BCUT2D eigenvalue weighted by atomic mass is 9.95. The fourth-order valence-electron chi connectivity index (χ4n) is 7.64. The minimum Gasteiger partial charge on any atom is -0.309 e. The van der Waals surface area contributed by atoms with Crippen LogP contribution in [0.4, 0.5) is 17.1 Å². The van der Waals surface area contributed by atoms with E-state index >= 15 is 0 Å². The van der Waals surface area contributed by atoms with Crippen molar-refractivity contribution >= 4 is 80.9 Å². The molecular formula is C48H31NS. The van der Waals surface area contributed by atoms with Crippen LogP contribution in [0.2, 0.25) is 0 Å². The van der Waals surface area contributed by atoms with Gasteiger partial charge in [0.1, 0.15) is 0 Å². The van der Waals surface area contributed by atoms with Crippen LogP contribution in [0.15, 0.2) is 188 Å². The van der Waals surface area contributed by atoms with Gasteiger partial charge in [0.25, 0.3) is 0 Å². The normalized spacial score (nSPS) is 11.6. The van der Waals surface area contributed by atoms with E-state index in [-0.39, 0.29) is 0 Å². The smallest absolute Gasteiger partial charge is 0.0640 e. The third-order valence-corrected chi connectivity index (χ3v) is 11.2. The Morgan fingerprint density at radius 1 is 0.340 bits per heavy atom. The van der Waals surface area contributed by atoms with Gasteiger partial charge in [-0.1, -0.05) is 146 Å². The number of nitrogens with zero attached hydrogens (tertiary/aromatic N) is 1. The van der Waals surface area contributed by atoms with Crippen LogP contribution in [-0.4, -0.2) is 0 Å². The quantitative estimate of drug-likeness (QED) is 0.167. The number of fused-ring (bicyclic) bond motifs is 7. The Bertz CT molecular complexity index is 2890. The molecule has 0 aliphatic heterocycles. The maximum absolute atomic E-state index is 2.45. The largest absolute Gasteiger partial charge is 0.309 e. The van der Waals surface area contributed by atoms with Gasteiger partial charge in [-0.25, -0.2) is 0 Å². The summed E-state index contributed by atoms with van der Waals surface area (Å²) in [6.07, 6.45) is 0. The third-order valence-electron chi connectivity index (χ3n) is 10.0. The molecule has 0 N–H and O–H groups in total. The van der Waals surface area contributed by atoms with E-state index in [0.717, 1.165) is 11.4 Å². The van der Waals surface area contributed by atoms with Gasteiger partial charge in [-0.3, -0.25) is 0 Å². The van der Waals surface area contributed by atoms with Crippen molar-refractivity contribution in [2.75, 3.05) is 4.90 Å². The molecule has 0 bridgehead atoms.